The average Bonchev–Trinajstić information content (AvgIpc) is 2.79. The molecular weight excluding hydrogens is 396 g/mol. The maximum absolute atomic E-state index is 12.8. The Morgan fingerprint density at radius 1 is 0.871 bits per heavy atom. The van der Waals surface area contributed by atoms with E-state index in [0.717, 1.165) is 11.1 Å². The van der Waals surface area contributed by atoms with Gasteiger partial charge in [-0.1, -0.05) is 74.5 Å². The SMILES string of the molecule is COC(=O)[C@H](CCc1ccccc1)NC(=O)[C@H](NC(=O)OCc1ccccc1)C(C)C. The first-order valence-corrected chi connectivity index (χ1v) is 10.3. The number of amides is 2. The zero-order chi connectivity index (χ0) is 22.6. The summed E-state index contributed by atoms with van der Waals surface area (Å²) in [6.45, 7) is 3.71. The Morgan fingerprint density at radius 2 is 1.45 bits per heavy atom. The molecule has 0 aliphatic rings. The summed E-state index contributed by atoms with van der Waals surface area (Å²) in [5.74, 6) is -1.20. The third-order valence-corrected chi connectivity index (χ3v) is 4.80. The van der Waals surface area contributed by atoms with Crippen molar-refractivity contribution in [2.24, 2.45) is 5.92 Å². The van der Waals surface area contributed by atoms with Crippen LogP contribution in [0.25, 0.3) is 0 Å². The van der Waals surface area contributed by atoms with Gasteiger partial charge in [-0.3, -0.25) is 4.79 Å². The quantitative estimate of drug-likeness (QED) is 0.569. The molecule has 0 spiro atoms. The Morgan fingerprint density at radius 3 is 2.00 bits per heavy atom. The van der Waals surface area contributed by atoms with Gasteiger partial charge in [-0.25, -0.2) is 9.59 Å². The van der Waals surface area contributed by atoms with E-state index >= 15 is 0 Å². The maximum atomic E-state index is 12.8. The van der Waals surface area contributed by atoms with E-state index in [9.17, 15) is 14.4 Å². The number of nitrogens with one attached hydrogen (secondary N) is 2. The molecule has 2 amide bonds. The van der Waals surface area contributed by atoms with Crippen molar-refractivity contribution in [3.05, 3.63) is 71.8 Å². The van der Waals surface area contributed by atoms with Crippen LogP contribution in [-0.2, 0) is 32.1 Å². The molecule has 2 N–H and O–H groups in total. The van der Waals surface area contributed by atoms with Gasteiger partial charge in [0.05, 0.1) is 7.11 Å². The summed E-state index contributed by atoms with van der Waals surface area (Å²) >= 11 is 0. The Kier molecular flexibility index (Phi) is 9.55. The molecule has 0 aromatic heterocycles. The second kappa shape index (κ2) is 12.4. The van der Waals surface area contributed by atoms with Gasteiger partial charge < -0.3 is 20.1 Å². The van der Waals surface area contributed by atoms with E-state index in [2.05, 4.69) is 10.6 Å². The van der Waals surface area contributed by atoms with Crippen molar-refractivity contribution in [3.8, 4) is 0 Å². The Balaban J connectivity index is 1.95. The standard InChI is InChI=1S/C24H30N2O5/c1-17(2)21(26-24(29)31-16-19-12-8-5-9-13-19)22(27)25-20(23(28)30-3)15-14-18-10-6-4-7-11-18/h4-13,17,20-21H,14-16H2,1-3H3,(H,25,27)(H,26,29)/t20-,21+/m0/s1. The molecule has 0 aliphatic carbocycles. The van der Waals surface area contributed by atoms with Crippen molar-refractivity contribution in [1.29, 1.82) is 0 Å². The molecule has 0 radical (unpaired) electrons. The highest BCUT2D eigenvalue weighted by Crippen LogP contribution is 2.09. The van der Waals surface area contributed by atoms with E-state index in [1.807, 2.05) is 60.7 Å². The molecule has 0 heterocycles. The van der Waals surface area contributed by atoms with Crippen molar-refractivity contribution < 1.29 is 23.9 Å². The maximum Gasteiger partial charge on any atom is 0.408 e. The fraction of sp³-hybridized carbons (Fsp3) is 0.375. The van der Waals surface area contributed by atoms with Gasteiger partial charge >= 0.3 is 12.1 Å². The first kappa shape index (κ1) is 23.9. The van der Waals surface area contributed by atoms with E-state index in [4.69, 9.17) is 9.47 Å². The summed E-state index contributed by atoms with van der Waals surface area (Å²) in [4.78, 5) is 37.3. The Labute approximate surface area is 183 Å². The van der Waals surface area contributed by atoms with E-state index < -0.39 is 30.1 Å². The van der Waals surface area contributed by atoms with Crippen LogP contribution in [0, 0.1) is 5.92 Å². The van der Waals surface area contributed by atoms with Crippen molar-refractivity contribution >= 4 is 18.0 Å². The summed E-state index contributed by atoms with van der Waals surface area (Å²) in [6, 6.07) is 17.2. The predicted octanol–water partition coefficient (Wildman–Crippen LogP) is 3.23. The van der Waals surface area contributed by atoms with Crippen LogP contribution >= 0.6 is 0 Å². The van der Waals surface area contributed by atoms with Crippen molar-refractivity contribution in [2.75, 3.05) is 7.11 Å². The number of alkyl carbamates (subject to hydrolysis) is 1. The van der Waals surface area contributed by atoms with Gasteiger partial charge in [0.15, 0.2) is 0 Å². The molecule has 0 saturated carbocycles. The van der Waals surface area contributed by atoms with Crippen LogP contribution in [0.2, 0.25) is 0 Å². The number of rotatable bonds is 10. The van der Waals surface area contributed by atoms with E-state index in [1.165, 1.54) is 7.11 Å². The number of methoxy groups -OCH3 is 1. The molecule has 2 aromatic carbocycles. The van der Waals surface area contributed by atoms with Crippen molar-refractivity contribution in [2.45, 2.75) is 45.4 Å². The summed E-state index contributed by atoms with van der Waals surface area (Å²) in [7, 11) is 1.28. The zero-order valence-electron chi connectivity index (χ0n) is 18.2. The highest BCUT2D eigenvalue weighted by Gasteiger charge is 2.29. The zero-order valence-corrected chi connectivity index (χ0v) is 18.2. The van der Waals surface area contributed by atoms with E-state index in [1.54, 1.807) is 13.8 Å². The summed E-state index contributed by atoms with van der Waals surface area (Å²) < 4.78 is 10.1. The van der Waals surface area contributed by atoms with Crippen molar-refractivity contribution in [3.63, 3.8) is 0 Å². The number of carbonyl (C=O) groups is 3. The number of hydrogen-bond acceptors (Lipinski definition) is 5. The van der Waals surface area contributed by atoms with Crippen LogP contribution in [0.1, 0.15) is 31.4 Å². The summed E-state index contributed by atoms with van der Waals surface area (Å²) in [6.07, 6.45) is 0.280. The molecule has 0 aliphatic heterocycles. The molecule has 166 valence electrons. The van der Waals surface area contributed by atoms with Crippen LogP contribution in [-0.4, -0.2) is 37.2 Å². The third kappa shape index (κ3) is 8.12. The lowest BCUT2D eigenvalue weighted by molar-refractivity contribution is -0.145. The van der Waals surface area contributed by atoms with Crippen LogP contribution in [0.4, 0.5) is 4.79 Å². The van der Waals surface area contributed by atoms with Crippen molar-refractivity contribution in [1.82, 2.24) is 10.6 Å². The lowest BCUT2D eigenvalue weighted by Gasteiger charge is -2.24. The largest absolute Gasteiger partial charge is 0.467 e. The minimum absolute atomic E-state index is 0.0982. The highest BCUT2D eigenvalue weighted by atomic mass is 16.5. The number of esters is 1. The highest BCUT2D eigenvalue weighted by molar-refractivity contribution is 5.89. The van der Waals surface area contributed by atoms with E-state index in [0.29, 0.717) is 12.8 Å². The average molecular weight is 427 g/mol. The smallest absolute Gasteiger partial charge is 0.408 e. The van der Waals surface area contributed by atoms with Crippen LogP contribution < -0.4 is 10.6 Å². The van der Waals surface area contributed by atoms with Gasteiger partial charge in [-0.15, -0.1) is 0 Å². The van der Waals surface area contributed by atoms with Crippen LogP contribution in [0.5, 0.6) is 0 Å². The minimum atomic E-state index is -0.854. The Bertz CT molecular complexity index is 840. The fourth-order valence-electron chi connectivity index (χ4n) is 3.04. The third-order valence-electron chi connectivity index (χ3n) is 4.80. The number of aryl methyl sites for hydroxylation is 1. The Hall–Kier alpha value is -3.35. The predicted molar refractivity (Wildman–Crippen MR) is 117 cm³/mol. The molecule has 0 unspecified atom stereocenters. The minimum Gasteiger partial charge on any atom is -0.467 e. The summed E-state index contributed by atoms with van der Waals surface area (Å²) in [5.41, 5.74) is 1.89. The van der Waals surface area contributed by atoms with Gasteiger partial charge in [-0.05, 0) is 29.9 Å². The van der Waals surface area contributed by atoms with Gasteiger partial charge in [0.1, 0.15) is 18.7 Å². The fourth-order valence-corrected chi connectivity index (χ4v) is 3.04. The van der Waals surface area contributed by atoms with Gasteiger partial charge in [0.2, 0.25) is 5.91 Å². The van der Waals surface area contributed by atoms with Crippen LogP contribution in [0.15, 0.2) is 60.7 Å². The molecule has 2 aromatic rings. The topological polar surface area (TPSA) is 93.7 Å². The van der Waals surface area contributed by atoms with Gasteiger partial charge in [0.25, 0.3) is 0 Å². The second-order valence-electron chi connectivity index (χ2n) is 7.54. The molecule has 2 rings (SSSR count). The monoisotopic (exact) mass is 426 g/mol. The van der Waals surface area contributed by atoms with Gasteiger partial charge in [-0.2, -0.15) is 0 Å². The molecule has 31 heavy (non-hydrogen) atoms. The molecule has 0 bridgehead atoms. The molecule has 0 saturated heterocycles. The van der Waals surface area contributed by atoms with E-state index in [-0.39, 0.29) is 12.5 Å². The number of ether oxygens (including phenoxy) is 2. The molecule has 0 fully saturated rings. The summed E-state index contributed by atoms with van der Waals surface area (Å²) in [5, 5.41) is 5.31. The number of carbonyl (C=O) groups excluding carboxylic acids is 3. The molecular formula is C24H30N2O5. The lowest BCUT2D eigenvalue weighted by atomic mass is 10.0. The molecule has 7 nitrogen and oxygen atoms in total. The molecule has 2 atom stereocenters. The van der Waals surface area contributed by atoms with Gasteiger partial charge in [0, 0.05) is 0 Å². The molecule has 7 heteroatoms. The first-order chi connectivity index (χ1) is 14.9. The first-order valence-electron chi connectivity index (χ1n) is 10.3. The van der Waals surface area contributed by atoms with Crippen LogP contribution in [0.3, 0.4) is 0 Å². The number of benzene rings is 2. The number of hydrogen-bond donors (Lipinski definition) is 2. The second-order valence-corrected chi connectivity index (χ2v) is 7.54. The normalized spacial score (nSPS) is 12.5. The lowest BCUT2D eigenvalue weighted by Crippen LogP contribution is -2.54.